The molecule has 3 rings (SSSR count). The highest BCUT2D eigenvalue weighted by Gasteiger charge is 2.14. The average Bonchev–Trinajstić information content (AvgIpc) is 2.91. The molecule has 9 nitrogen and oxygen atoms in total. The molecule has 204 valence electrons. The molecule has 0 unspecified atom stereocenters. The summed E-state index contributed by atoms with van der Waals surface area (Å²) in [5.41, 5.74) is 8.67. The Morgan fingerprint density at radius 3 is 1.89 bits per heavy atom. The molecule has 0 aromatic heterocycles. The summed E-state index contributed by atoms with van der Waals surface area (Å²) in [6, 6.07) is 24.3. The van der Waals surface area contributed by atoms with Gasteiger partial charge in [-0.1, -0.05) is 78.4 Å². The van der Waals surface area contributed by atoms with Gasteiger partial charge in [-0.3, -0.25) is 9.35 Å². The fourth-order valence-electron chi connectivity index (χ4n) is 3.12. The van der Waals surface area contributed by atoms with Crippen molar-refractivity contribution in [2.45, 2.75) is 50.3 Å². The molecule has 0 aliphatic rings. The molecule has 0 aliphatic carbocycles. The van der Waals surface area contributed by atoms with E-state index in [0.29, 0.717) is 25.8 Å². The number of nitrogens with one attached hydrogen (secondary N) is 1. The number of ether oxygens (including phenoxy) is 2. The number of aryl methyl sites for hydroxylation is 1. The van der Waals surface area contributed by atoms with Crippen molar-refractivity contribution in [1.29, 1.82) is 0 Å². The van der Waals surface area contributed by atoms with Gasteiger partial charge < -0.3 is 20.5 Å². The third-order valence-electron chi connectivity index (χ3n) is 5.27. The molecule has 0 saturated heterocycles. The third kappa shape index (κ3) is 12.5. The maximum atomic E-state index is 11.9. The fourth-order valence-corrected chi connectivity index (χ4v) is 3.60. The summed E-state index contributed by atoms with van der Waals surface area (Å²) in [5, 5.41) is 2.68. The predicted octanol–water partition coefficient (Wildman–Crippen LogP) is 4.40. The smallest absolute Gasteiger partial charge is 0.407 e. The minimum atomic E-state index is -4.02. The van der Waals surface area contributed by atoms with Gasteiger partial charge in [0.2, 0.25) is 0 Å². The Labute approximate surface area is 223 Å². The van der Waals surface area contributed by atoms with Crippen LogP contribution in [-0.4, -0.2) is 37.6 Å². The molecule has 0 spiro atoms. The van der Waals surface area contributed by atoms with E-state index in [1.165, 1.54) is 12.1 Å². The molecule has 10 heteroatoms. The van der Waals surface area contributed by atoms with E-state index < -0.39 is 28.2 Å². The molecular formula is C28H34N2O7S. The Morgan fingerprint density at radius 1 is 0.842 bits per heavy atom. The van der Waals surface area contributed by atoms with Crippen LogP contribution in [0, 0.1) is 6.92 Å². The van der Waals surface area contributed by atoms with Gasteiger partial charge in [-0.05, 0) is 49.4 Å². The van der Waals surface area contributed by atoms with Crippen molar-refractivity contribution in [1.82, 2.24) is 5.32 Å². The molecule has 4 N–H and O–H groups in total. The van der Waals surface area contributed by atoms with E-state index in [1.54, 1.807) is 12.1 Å². The van der Waals surface area contributed by atoms with E-state index in [-0.39, 0.29) is 18.1 Å². The summed E-state index contributed by atoms with van der Waals surface area (Å²) in [4.78, 5) is 23.4. The van der Waals surface area contributed by atoms with Crippen LogP contribution in [-0.2, 0) is 37.6 Å². The van der Waals surface area contributed by atoms with E-state index in [4.69, 9.17) is 19.8 Å². The van der Waals surface area contributed by atoms with Gasteiger partial charge >= 0.3 is 12.1 Å². The van der Waals surface area contributed by atoms with Gasteiger partial charge in [-0.2, -0.15) is 8.42 Å². The van der Waals surface area contributed by atoms with Crippen molar-refractivity contribution in [3.63, 3.8) is 0 Å². The summed E-state index contributed by atoms with van der Waals surface area (Å²) in [6.45, 7) is 2.78. The van der Waals surface area contributed by atoms with Crippen LogP contribution in [0.4, 0.5) is 4.79 Å². The van der Waals surface area contributed by atoms with E-state index in [2.05, 4.69) is 5.32 Å². The fraction of sp³-hybridized carbons (Fsp3) is 0.286. The number of hydrogen-bond donors (Lipinski definition) is 3. The van der Waals surface area contributed by atoms with Crippen LogP contribution in [0.15, 0.2) is 89.8 Å². The number of carbonyl (C=O) groups excluding carboxylic acids is 2. The quantitative estimate of drug-likeness (QED) is 0.184. The number of carbonyl (C=O) groups is 2. The lowest BCUT2D eigenvalue weighted by Gasteiger charge is -2.12. The molecule has 0 aliphatic heterocycles. The highest BCUT2D eigenvalue weighted by Crippen LogP contribution is 2.09. The molecule has 1 amide bonds. The lowest BCUT2D eigenvalue weighted by atomic mass is 10.1. The van der Waals surface area contributed by atoms with E-state index in [0.717, 1.165) is 16.7 Å². The molecule has 0 heterocycles. The van der Waals surface area contributed by atoms with Crippen molar-refractivity contribution in [3.05, 3.63) is 102 Å². The Bertz CT molecular complexity index is 1220. The van der Waals surface area contributed by atoms with Crippen LogP contribution in [0.1, 0.15) is 36.0 Å². The molecule has 1 atom stereocenters. The zero-order chi connectivity index (χ0) is 27.8. The monoisotopic (exact) mass is 542 g/mol. The first-order valence-corrected chi connectivity index (χ1v) is 13.5. The molecule has 0 saturated carbocycles. The van der Waals surface area contributed by atoms with Crippen LogP contribution < -0.4 is 11.1 Å². The van der Waals surface area contributed by atoms with Gasteiger partial charge in [0.05, 0.1) is 4.90 Å². The molecule has 3 aromatic carbocycles. The number of alkyl carbamates (subject to hydrolysis) is 1. The number of rotatable bonds is 11. The van der Waals surface area contributed by atoms with E-state index in [1.807, 2.05) is 67.6 Å². The summed E-state index contributed by atoms with van der Waals surface area (Å²) in [7, 11) is -4.02. The number of unbranched alkanes of at least 4 members (excludes halogenated alkanes) is 1. The summed E-state index contributed by atoms with van der Waals surface area (Å²) in [6.07, 6.45) is 1.47. The van der Waals surface area contributed by atoms with Crippen molar-refractivity contribution >= 4 is 22.2 Å². The molecule has 3 aromatic rings. The predicted molar refractivity (Wildman–Crippen MR) is 144 cm³/mol. The van der Waals surface area contributed by atoms with Gasteiger partial charge in [0, 0.05) is 6.54 Å². The van der Waals surface area contributed by atoms with Gasteiger partial charge in [0.1, 0.15) is 19.3 Å². The molecule has 38 heavy (non-hydrogen) atoms. The zero-order valence-electron chi connectivity index (χ0n) is 21.3. The number of hydrogen-bond acceptors (Lipinski definition) is 7. The lowest BCUT2D eigenvalue weighted by molar-refractivity contribution is -0.146. The Balaban J connectivity index is 0.000000384. The van der Waals surface area contributed by atoms with Crippen LogP contribution in [0.3, 0.4) is 0 Å². The maximum absolute atomic E-state index is 11.9. The Hall–Kier alpha value is -3.73. The Morgan fingerprint density at radius 2 is 1.37 bits per heavy atom. The Kier molecular flexibility index (Phi) is 13.0. The molecular weight excluding hydrogens is 508 g/mol. The van der Waals surface area contributed by atoms with Crippen molar-refractivity contribution in [2.75, 3.05) is 6.54 Å². The number of esters is 1. The van der Waals surface area contributed by atoms with Crippen LogP contribution in [0.25, 0.3) is 0 Å². The first kappa shape index (κ1) is 30.5. The van der Waals surface area contributed by atoms with Crippen molar-refractivity contribution in [3.8, 4) is 0 Å². The standard InChI is InChI=1S/C21H26N2O4.C7H8O3S/c22-19(20(24)26-15-17-9-3-1-4-10-17)13-7-8-14-23-21(25)27-16-18-11-5-2-6-12-18;1-6-2-4-7(5-3-6)11(8,9)10/h1-6,9-12,19H,7-8,13-16,22H2,(H,23,25);2-5H,1H3,(H,8,9,10)/t19-;/m1./s1. The van der Waals surface area contributed by atoms with Crippen LogP contribution >= 0.6 is 0 Å². The SMILES string of the molecule is Cc1ccc(S(=O)(=O)O)cc1.N[C@H](CCCCNC(=O)OCc1ccccc1)C(=O)OCc1ccccc1. The van der Waals surface area contributed by atoms with Crippen LogP contribution in [0.2, 0.25) is 0 Å². The topological polar surface area (TPSA) is 145 Å². The van der Waals surface area contributed by atoms with Gasteiger partial charge in [-0.25, -0.2) is 4.79 Å². The maximum Gasteiger partial charge on any atom is 0.407 e. The summed E-state index contributed by atoms with van der Waals surface area (Å²) < 4.78 is 39.9. The van der Waals surface area contributed by atoms with Gasteiger partial charge in [0.25, 0.3) is 10.1 Å². The zero-order valence-corrected chi connectivity index (χ0v) is 22.1. The highest BCUT2D eigenvalue weighted by molar-refractivity contribution is 7.85. The first-order chi connectivity index (χ1) is 18.1. The van der Waals surface area contributed by atoms with Crippen LogP contribution in [0.5, 0.6) is 0 Å². The number of benzene rings is 3. The summed E-state index contributed by atoms with van der Waals surface area (Å²) in [5.74, 6) is -0.408. The third-order valence-corrected chi connectivity index (χ3v) is 6.14. The van der Waals surface area contributed by atoms with Crippen molar-refractivity contribution < 1.29 is 32.0 Å². The molecule has 0 radical (unpaired) electrons. The van der Waals surface area contributed by atoms with Gasteiger partial charge in [0.15, 0.2) is 0 Å². The molecule has 0 fully saturated rings. The summed E-state index contributed by atoms with van der Waals surface area (Å²) >= 11 is 0. The normalized spacial score (nSPS) is 11.4. The number of amides is 1. The van der Waals surface area contributed by atoms with E-state index >= 15 is 0 Å². The average molecular weight is 543 g/mol. The van der Waals surface area contributed by atoms with E-state index in [9.17, 15) is 18.0 Å². The number of nitrogens with two attached hydrogens (primary N) is 1. The first-order valence-electron chi connectivity index (χ1n) is 12.1. The second kappa shape index (κ2) is 16.2. The van der Waals surface area contributed by atoms with Crippen molar-refractivity contribution in [2.24, 2.45) is 5.73 Å². The highest BCUT2D eigenvalue weighted by atomic mass is 32.2. The minimum Gasteiger partial charge on any atom is -0.460 e. The largest absolute Gasteiger partial charge is 0.460 e. The minimum absolute atomic E-state index is 0.0666. The second-order valence-corrected chi connectivity index (χ2v) is 9.89. The second-order valence-electron chi connectivity index (χ2n) is 8.47. The van der Waals surface area contributed by atoms with Gasteiger partial charge in [-0.15, -0.1) is 0 Å². The lowest BCUT2D eigenvalue weighted by Crippen LogP contribution is -2.32. The molecule has 0 bridgehead atoms.